The van der Waals surface area contributed by atoms with E-state index in [0.717, 1.165) is 31.6 Å². The van der Waals surface area contributed by atoms with Crippen LogP contribution in [0.4, 0.5) is 10.5 Å². The number of carbonyl (C=O) groups is 3. The van der Waals surface area contributed by atoms with E-state index < -0.39 is 17.8 Å². The highest BCUT2D eigenvalue weighted by Gasteiger charge is 2.37. The first-order chi connectivity index (χ1) is 16.2. The SMILES string of the molecule is Cc1ccc(COc2ccc(Br)cc2/C=C2\C(=O)NC(=O)N(c3cc(C)ccc3C)C2=O)cc1. The van der Waals surface area contributed by atoms with Gasteiger partial charge in [0.2, 0.25) is 0 Å². The number of halogens is 1. The molecule has 0 aromatic heterocycles. The van der Waals surface area contributed by atoms with Gasteiger partial charge in [0.05, 0.1) is 5.69 Å². The maximum Gasteiger partial charge on any atom is 0.335 e. The summed E-state index contributed by atoms with van der Waals surface area (Å²) in [5, 5.41) is 2.28. The lowest BCUT2D eigenvalue weighted by molar-refractivity contribution is -0.122. The lowest BCUT2D eigenvalue weighted by Gasteiger charge is -2.28. The van der Waals surface area contributed by atoms with Crippen molar-refractivity contribution in [3.8, 4) is 5.75 Å². The third-order valence-corrected chi connectivity index (χ3v) is 5.99. The molecule has 0 radical (unpaired) electrons. The highest BCUT2D eigenvalue weighted by Crippen LogP contribution is 2.30. The first-order valence-corrected chi connectivity index (χ1v) is 11.5. The largest absolute Gasteiger partial charge is 0.488 e. The number of aryl methyl sites for hydroxylation is 3. The summed E-state index contributed by atoms with van der Waals surface area (Å²) < 4.78 is 6.77. The molecule has 6 nitrogen and oxygen atoms in total. The average molecular weight is 519 g/mol. The molecule has 172 valence electrons. The van der Waals surface area contributed by atoms with Gasteiger partial charge in [0.1, 0.15) is 17.9 Å². The quantitative estimate of drug-likeness (QED) is 0.351. The molecular weight excluding hydrogens is 496 g/mol. The number of benzene rings is 3. The number of ether oxygens (including phenoxy) is 1. The van der Waals surface area contributed by atoms with Gasteiger partial charge in [-0.25, -0.2) is 9.69 Å². The van der Waals surface area contributed by atoms with Gasteiger partial charge in [-0.2, -0.15) is 0 Å². The lowest BCUT2D eigenvalue weighted by atomic mass is 10.0. The normalized spacial score (nSPS) is 15.0. The molecule has 3 aromatic carbocycles. The van der Waals surface area contributed by atoms with E-state index in [4.69, 9.17) is 4.74 Å². The number of hydrogen-bond donors (Lipinski definition) is 1. The third-order valence-electron chi connectivity index (χ3n) is 5.49. The number of rotatable bonds is 5. The van der Waals surface area contributed by atoms with E-state index in [2.05, 4.69) is 21.2 Å². The van der Waals surface area contributed by atoms with E-state index in [1.165, 1.54) is 6.08 Å². The summed E-state index contributed by atoms with van der Waals surface area (Å²) in [4.78, 5) is 39.6. The van der Waals surface area contributed by atoms with E-state index in [1.807, 2.05) is 56.3 Å². The smallest absolute Gasteiger partial charge is 0.335 e. The van der Waals surface area contributed by atoms with Gasteiger partial charge in [-0.15, -0.1) is 0 Å². The second kappa shape index (κ2) is 9.65. The number of anilines is 1. The number of nitrogens with zero attached hydrogens (tertiary/aromatic N) is 1. The molecule has 0 spiro atoms. The highest BCUT2D eigenvalue weighted by atomic mass is 79.9. The molecule has 34 heavy (non-hydrogen) atoms. The Bertz CT molecular complexity index is 1330. The van der Waals surface area contributed by atoms with Gasteiger partial charge in [0, 0.05) is 10.0 Å². The summed E-state index contributed by atoms with van der Waals surface area (Å²) in [7, 11) is 0. The fourth-order valence-corrected chi connectivity index (χ4v) is 3.98. The van der Waals surface area contributed by atoms with Crippen molar-refractivity contribution in [2.75, 3.05) is 4.90 Å². The maximum atomic E-state index is 13.3. The van der Waals surface area contributed by atoms with Crippen molar-refractivity contribution in [1.29, 1.82) is 0 Å². The number of hydrogen-bond acceptors (Lipinski definition) is 4. The predicted octanol–water partition coefficient (Wildman–Crippen LogP) is 5.62. The first-order valence-electron chi connectivity index (χ1n) is 10.7. The number of imide groups is 2. The molecule has 0 atom stereocenters. The molecule has 1 N–H and O–H groups in total. The molecular formula is C27H23BrN2O4. The van der Waals surface area contributed by atoms with E-state index in [1.54, 1.807) is 25.1 Å². The summed E-state index contributed by atoms with van der Waals surface area (Å²) in [5.74, 6) is -0.931. The molecule has 7 heteroatoms. The van der Waals surface area contributed by atoms with E-state index in [9.17, 15) is 14.4 Å². The van der Waals surface area contributed by atoms with Crippen molar-refractivity contribution in [3.63, 3.8) is 0 Å². The van der Waals surface area contributed by atoms with Crippen molar-refractivity contribution < 1.29 is 19.1 Å². The van der Waals surface area contributed by atoms with Crippen LogP contribution in [0.25, 0.3) is 6.08 Å². The molecule has 1 fully saturated rings. The van der Waals surface area contributed by atoms with Crippen LogP contribution in [0.2, 0.25) is 0 Å². The maximum absolute atomic E-state index is 13.3. The van der Waals surface area contributed by atoms with Gasteiger partial charge in [-0.05, 0) is 67.8 Å². The Hall–Kier alpha value is -3.71. The Morgan fingerprint density at radius 2 is 1.62 bits per heavy atom. The summed E-state index contributed by atoms with van der Waals surface area (Å²) in [5.41, 5.74) is 4.60. The zero-order chi connectivity index (χ0) is 24.4. The highest BCUT2D eigenvalue weighted by molar-refractivity contribution is 9.10. The van der Waals surface area contributed by atoms with E-state index in [-0.39, 0.29) is 5.57 Å². The molecule has 0 aliphatic carbocycles. The van der Waals surface area contributed by atoms with Crippen LogP contribution in [0.1, 0.15) is 27.8 Å². The fourth-order valence-electron chi connectivity index (χ4n) is 3.60. The van der Waals surface area contributed by atoms with Crippen LogP contribution in [0, 0.1) is 20.8 Å². The predicted molar refractivity (Wildman–Crippen MR) is 135 cm³/mol. The Morgan fingerprint density at radius 3 is 2.35 bits per heavy atom. The van der Waals surface area contributed by atoms with Crippen LogP contribution >= 0.6 is 15.9 Å². The van der Waals surface area contributed by atoms with Crippen molar-refractivity contribution in [2.45, 2.75) is 27.4 Å². The molecule has 1 saturated heterocycles. The topological polar surface area (TPSA) is 75.7 Å². The fraction of sp³-hybridized carbons (Fsp3) is 0.148. The van der Waals surface area contributed by atoms with E-state index in [0.29, 0.717) is 23.6 Å². The number of carbonyl (C=O) groups excluding carboxylic acids is 3. The van der Waals surface area contributed by atoms with Crippen LogP contribution in [0.15, 0.2) is 70.7 Å². The molecule has 4 rings (SSSR count). The summed E-state index contributed by atoms with van der Waals surface area (Å²) >= 11 is 3.44. The zero-order valence-corrected chi connectivity index (χ0v) is 20.6. The van der Waals surface area contributed by atoms with Crippen molar-refractivity contribution >= 4 is 45.5 Å². The van der Waals surface area contributed by atoms with E-state index >= 15 is 0 Å². The third kappa shape index (κ3) is 4.94. The molecule has 0 saturated carbocycles. The van der Waals surface area contributed by atoms with Crippen LogP contribution in [0.5, 0.6) is 5.75 Å². The van der Waals surface area contributed by atoms with Crippen molar-refractivity contribution in [3.05, 3.63) is 98.5 Å². The molecule has 3 aromatic rings. The van der Waals surface area contributed by atoms with Crippen LogP contribution < -0.4 is 15.0 Å². The van der Waals surface area contributed by atoms with Crippen LogP contribution in [-0.4, -0.2) is 17.8 Å². The standard InChI is InChI=1S/C27H23BrN2O4/c1-16-5-8-19(9-6-16)15-34-24-11-10-21(28)13-20(24)14-22-25(31)29-27(33)30(26(22)32)23-12-17(2)4-7-18(23)3/h4-14H,15H2,1-3H3,(H,29,31,33)/b22-14+. The number of barbiturate groups is 1. The minimum Gasteiger partial charge on any atom is -0.488 e. The Morgan fingerprint density at radius 1 is 0.912 bits per heavy atom. The lowest BCUT2D eigenvalue weighted by Crippen LogP contribution is -2.54. The number of amides is 4. The second-order valence-corrected chi connectivity index (χ2v) is 9.12. The molecule has 1 aliphatic heterocycles. The molecule has 0 bridgehead atoms. The van der Waals surface area contributed by atoms with Crippen molar-refractivity contribution in [2.24, 2.45) is 0 Å². The van der Waals surface area contributed by atoms with Gasteiger partial charge < -0.3 is 4.74 Å². The van der Waals surface area contributed by atoms with Gasteiger partial charge in [0.25, 0.3) is 11.8 Å². The summed E-state index contributed by atoms with van der Waals surface area (Å²) in [6, 6.07) is 18.0. The van der Waals surface area contributed by atoms with Gasteiger partial charge in [0.15, 0.2) is 0 Å². The average Bonchev–Trinajstić information content (AvgIpc) is 2.79. The van der Waals surface area contributed by atoms with Gasteiger partial charge in [-0.1, -0.05) is 57.9 Å². The minimum absolute atomic E-state index is 0.154. The number of urea groups is 1. The molecule has 4 amide bonds. The number of nitrogens with one attached hydrogen (secondary N) is 1. The van der Waals surface area contributed by atoms with Crippen molar-refractivity contribution in [1.82, 2.24) is 5.32 Å². The molecule has 0 unspecified atom stereocenters. The van der Waals surface area contributed by atoms with Crippen LogP contribution in [-0.2, 0) is 16.2 Å². The molecule has 1 heterocycles. The summed E-state index contributed by atoms with van der Waals surface area (Å²) in [6.07, 6.45) is 1.46. The first kappa shape index (κ1) is 23.4. The Balaban J connectivity index is 1.69. The van der Waals surface area contributed by atoms with Gasteiger partial charge in [-0.3, -0.25) is 14.9 Å². The van der Waals surface area contributed by atoms with Crippen LogP contribution in [0.3, 0.4) is 0 Å². The monoisotopic (exact) mass is 518 g/mol. The minimum atomic E-state index is -0.772. The molecule has 1 aliphatic rings. The Labute approximate surface area is 206 Å². The van der Waals surface area contributed by atoms with Gasteiger partial charge >= 0.3 is 6.03 Å². The Kier molecular flexibility index (Phi) is 6.65. The second-order valence-electron chi connectivity index (χ2n) is 8.20. The zero-order valence-electron chi connectivity index (χ0n) is 19.0. The summed E-state index contributed by atoms with van der Waals surface area (Å²) in [6.45, 7) is 6.02.